The summed E-state index contributed by atoms with van der Waals surface area (Å²) in [5, 5.41) is 4.16. The Morgan fingerprint density at radius 1 is 1.64 bits per heavy atom. The summed E-state index contributed by atoms with van der Waals surface area (Å²) in [6, 6.07) is 0. The monoisotopic (exact) mass is 151 g/mol. The zero-order chi connectivity index (χ0) is 8.06. The second-order valence-corrected chi connectivity index (χ2v) is 3.46. The first-order chi connectivity index (χ1) is 5.13. The van der Waals surface area contributed by atoms with E-state index < -0.39 is 0 Å². The van der Waals surface area contributed by atoms with Gasteiger partial charge >= 0.3 is 0 Å². The standard InChI is InChI=1S/C8H13N3/c1-6-5-10-11(2)7(6)8(9)3-4-8/h5H,3-4,9H2,1-2H3. The predicted octanol–water partition coefficient (Wildman–Crippen LogP) is 0.676. The number of nitrogens with zero attached hydrogens (tertiary/aromatic N) is 2. The largest absolute Gasteiger partial charge is 0.320 e. The molecule has 11 heavy (non-hydrogen) atoms. The minimum atomic E-state index is -0.0463. The number of aromatic nitrogens is 2. The number of aryl methyl sites for hydroxylation is 2. The summed E-state index contributed by atoms with van der Waals surface area (Å²) < 4.78 is 1.89. The summed E-state index contributed by atoms with van der Waals surface area (Å²) in [5.74, 6) is 0. The van der Waals surface area contributed by atoms with Crippen LogP contribution in [0.5, 0.6) is 0 Å². The van der Waals surface area contributed by atoms with Crippen LogP contribution in [-0.2, 0) is 12.6 Å². The van der Waals surface area contributed by atoms with Crippen LogP contribution >= 0.6 is 0 Å². The van der Waals surface area contributed by atoms with E-state index in [0.717, 1.165) is 12.8 Å². The van der Waals surface area contributed by atoms with Gasteiger partial charge in [0.05, 0.1) is 17.4 Å². The third-order valence-electron chi connectivity index (χ3n) is 2.38. The minimum absolute atomic E-state index is 0.0463. The molecule has 2 rings (SSSR count). The maximum atomic E-state index is 6.05. The third-order valence-corrected chi connectivity index (χ3v) is 2.38. The smallest absolute Gasteiger partial charge is 0.0608 e. The molecule has 3 heteroatoms. The van der Waals surface area contributed by atoms with Gasteiger partial charge in [-0.05, 0) is 25.3 Å². The molecular weight excluding hydrogens is 138 g/mol. The average molecular weight is 151 g/mol. The summed E-state index contributed by atoms with van der Waals surface area (Å²) in [6.07, 6.45) is 4.09. The number of hydrogen-bond donors (Lipinski definition) is 1. The SMILES string of the molecule is Cc1cnn(C)c1C1(N)CC1. The van der Waals surface area contributed by atoms with Crippen molar-refractivity contribution in [3.8, 4) is 0 Å². The van der Waals surface area contributed by atoms with Crippen LogP contribution in [0.15, 0.2) is 6.20 Å². The maximum Gasteiger partial charge on any atom is 0.0608 e. The molecule has 2 N–H and O–H groups in total. The maximum absolute atomic E-state index is 6.05. The van der Waals surface area contributed by atoms with Crippen molar-refractivity contribution >= 4 is 0 Å². The highest BCUT2D eigenvalue weighted by Gasteiger charge is 2.43. The van der Waals surface area contributed by atoms with Crippen LogP contribution in [0.4, 0.5) is 0 Å². The Kier molecular flexibility index (Phi) is 1.16. The number of nitrogens with two attached hydrogens (primary N) is 1. The Balaban J connectivity index is 2.50. The molecule has 60 valence electrons. The predicted molar refractivity (Wildman–Crippen MR) is 43.0 cm³/mol. The number of rotatable bonds is 1. The fourth-order valence-electron chi connectivity index (χ4n) is 1.63. The summed E-state index contributed by atoms with van der Waals surface area (Å²) in [4.78, 5) is 0. The van der Waals surface area contributed by atoms with E-state index in [1.54, 1.807) is 0 Å². The van der Waals surface area contributed by atoms with E-state index in [0.29, 0.717) is 0 Å². The molecule has 0 bridgehead atoms. The molecule has 0 saturated heterocycles. The molecule has 3 nitrogen and oxygen atoms in total. The molecule has 0 radical (unpaired) electrons. The molecule has 1 heterocycles. The lowest BCUT2D eigenvalue weighted by molar-refractivity contribution is 0.612. The Bertz CT molecular complexity index is 264. The van der Waals surface area contributed by atoms with Crippen LogP contribution in [0, 0.1) is 6.92 Å². The molecule has 1 aromatic rings. The van der Waals surface area contributed by atoms with Gasteiger partial charge in [-0.15, -0.1) is 0 Å². The Hall–Kier alpha value is -0.830. The highest BCUT2D eigenvalue weighted by molar-refractivity contribution is 5.29. The van der Waals surface area contributed by atoms with Crippen molar-refractivity contribution in [3.05, 3.63) is 17.5 Å². The first-order valence-corrected chi connectivity index (χ1v) is 3.91. The summed E-state index contributed by atoms with van der Waals surface area (Å²) in [6.45, 7) is 2.06. The van der Waals surface area contributed by atoms with Gasteiger partial charge in [-0.3, -0.25) is 4.68 Å². The zero-order valence-electron chi connectivity index (χ0n) is 6.96. The van der Waals surface area contributed by atoms with E-state index in [9.17, 15) is 0 Å². The molecule has 0 unspecified atom stereocenters. The van der Waals surface area contributed by atoms with E-state index in [1.165, 1.54) is 11.3 Å². The molecule has 0 atom stereocenters. The van der Waals surface area contributed by atoms with Gasteiger partial charge in [-0.2, -0.15) is 5.10 Å². The molecule has 1 aromatic heterocycles. The van der Waals surface area contributed by atoms with Gasteiger partial charge in [0, 0.05) is 7.05 Å². The van der Waals surface area contributed by atoms with E-state index in [1.807, 2.05) is 17.9 Å². The van der Waals surface area contributed by atoms with Crippen LogP contribution in [0.1, 0.15) is 24.1 Å². The molecule has 1 fully saturated rings. The van der Waals surface area contributed by atoms with Crippen molar-refractivity contribution in [1.29, 1.82) is 0 Å². The lowest BCUT2D eigenvalue weighted by Gasteiger charge is -2.09. The fraction of sp³-hybridized carbons (Fsp3) is 0.625. The van der Waals surface area contributed by atoms with Gasteiger partial charge in [0.1, 0.15) is 0 Å². The van der Waals surface area contributed by atoms with Crippen molar-refractivity contribution in [1.82, 2.24) is 9.78 Å². The molecule has 0 aliphatic heterocycles. The topological polar surface area (TPSA) is 43.8 Å². The fourth-order valence-corrected chi connectivity index (χ4v) is 1.63. The normalized spacial score (nSPS) is 20.3. The second kappa shape index (κ2) is 1.85. The highest BCUT2D eigenvalue weighted by atomic mass is 15.3. The quantitative estimate of drug-likeness (QED) is 0.641. The van der Waals surface area contributed by atoms with E-state index in [2.05, 4.69) is 12.0 Å². The van der Waals surface area contributed by atoms with Crippen molar-refractivity contribution in [3.63, 3.8) is 0 Å². The second-order valence-electron chi connectivity index (χ2n) is 3.46. The third kappa shape index (κ3) is 0.878. The molecule has 0 aromatic carbocycles. The van der Waals surface area contributed by atoms with Gasteiger partial charge in [0.25, 0.3) is 0 Å². The Labute approximate surface area is 66.2 Å². The molecule has 1 saturated carbocycles. The van der Waals surface area contributed by atoms with Crippen molar-refractivity contribution in [2.75, 3.05) is 0 Å². The summed E-state index contributed by atoms with van der Waals surface area (Å²) >= 11 is 0. The lowest BCUT2D eigenvalue weighted by Crippen LogP contribution is -2.23. The van der Waals surface area contributed by atoms with Crippen LogP contribution in [0.25, 0.3) is 0 Å². The highest BCUT2D eigenvalue weighted by Crippen LogP contribution is 2.43. The molecular formula is C8H13N3. The van der Waals surface area contributed by atoms with Gasteiger partial charge < -0.3 is 5.73 Å². The van der Waals surface area contributed by atoms with Gasteiger partial charge in [0.2, 0.25) is 0 Å². The lowest BCUT2D eigenvalue weighted by atomic mass is 10.1. The molecule has 0 spiro atoms. The Morgan fingerprint density at radius 2 is 2.27 bits per heavy atom. The van der Waals surface area contributed by atoms with Gasteiger partial charge in [0.15, 0.2) is 0 Å². The van der Waals surface area contributed by atoms with Crippen LogP contribution in [0.2, 0.25) is 0 Å². The first-order valence-electron chi connectivity index (χ1n) is 3.91. The zero-order valence-corrected chi connectivity index (χ0v) is 6.96. The first kappa shape index (κ1) is 6.85. The van der Waals surface area contributed by atoms with Crippen molar-refractivity contribution in [2.45, 2.75) is 25.3 Å². The molecule has 1 aliphatic carbocycles. The van der Waals surface area contributed by atoms with Crippen molar-refractivity contribution in [2.24, 2.45) is 12.8 Å². The Morgan fingerprint density at radius 3 is 2.64 bits per heavy atom. The summed E-state index contributed by atoms with van der Waals surface area (Å²) in [7, 11) is 1.95. The average Bonchev–Trinajstić information content (AvgIpc) is 2.56. The molecule has 0 amide bonds. The van der Waals surface area contributed by atoms with Crippen LogP contribution < -0.4 is 5.73 Å². The van der Waals surface area contributed by atoms with E-state index in [4.69, 9.17) is 5.73 Å². The van der Waals surface area contributed by atoms with Crippen molar-refractivity contribution < 1.29 is 0 Å². The summed E-state index contributed by atoms with van der Waals surface area (Å²) in [5.41, 5.74) is 8.43. The van der Waals surface area contributed by atoms with Gasteiger partial charge in [-0.1, -0.05) is 0 Å². The van der Waals surface area contributed by atoms with Gasteiger partial charge in [-0.25, -0.2) is 0 Å². The number of hydrogen-bond acceptors (Lipinski definition) is 2. The molecule has 1 aliphatic rings. The van der Waals surface area contributed by atoms with Crippen LogP contribution in [0.3, 0.4) is 0 Å². The minimum Gasteiger partial charge on any atom is -0.320 e. The van der Waals surface area contributed by atoms with Crippen LogP contribution in [-0.4, -0.2) is 9.78 Å². The van der Waals surface area contributed by atoms with E-state index >= 15 is 0 Å². The van der Waals surface area contributed by atoms with E-state index in [-0.39, 0.29) is 5.54 Å².